The average molecular weight is 415 g/mol. The number of benzene rings is 2. The van der Waals surface area contributed by atoms with E-state index >= 15 is 4.39 Å². The molecule has 1 heterocycles. The Morgan fingerprint density at radius 2 is 1.80 bits per heavy atom. The molecule has 30 heavy (non-hydrogen) atoms. The van der Waals surface area contributed by atoms with Crippen LogP contribution in [0, 0.1) is 17.0 Å². The van der Waals surface area contributed by atoms with Crippen molar-refractivity contribution < 1.29 is 8.78 Å². The Kier molecular flexibility index (Phi) is 5.92. The second-order valence-corrected chi connectivity index (χ2v) is 9.78. The minimum Gasteiger partial charge on any atom is -0.324 e. The first kappa shape index (κ1) is 22.2. The van der Waals surface area contributed by atoms with Gasteiger partial charge in [-0.25, -0.2) is 8.78 Å². The standard InChI is InChI=1S/C24H32F2N4/c1-7-17(16-12-15(25)9-11-18(16)28-27)24(5,6)13-14-8-10-19-20(21(14)26)22(30-29-19)23(2,3)4/h8-12,17,28H,7,13,27H2,1-6H3,(H,29,30). The SMILES string of the molecule is CCC(c1cc(F)ccc1NN)C(C)(C)Cc1ccc2n[nH]c(C(C)(C)C)c2c1F. The number of rotatable bonds is 6. The van der Waals surface area contributed by atoms with Crippen LogP contribution in [0.15, 0.2) is 30.3 Å². The number of nitrogens with zero attached hydrogens (tertiary/aromatic N) is 1. The van der Waals surface area contributed by atoms with Crippen LogP contribution in [0.2, 0.25) is 0 Å². The van der Waals surface area contributed by atoms with E-state index in [1.165, 1.54) is 12.1 Å². The number of hydrogen-bond donors (Lipinski definition) is 3. The lowest BCUT2D eigenvalue weighted by molar-refractivity contribution is 0.272. The number of nitrogen functional groups attached to an aromatic ring is 1. The van der Waals surface area contributed by atoms with Gasteiger partial charge in [-0.15, -0.1) is 0 Å². The summed E-state index contributed by atoms with van der Waals surface area (Å²) in [6.07, 6.45) is 1.27. The molecule has 1 aromatic heterocycles. The molecule has 1 atom stereocenters. The Morgan fingerprint density at radius 1 is 1.10 bits per heavy atom. The van der Waals surface area contributed by atoms with E-state index in [1.54, 1.807) is 6.07 Å². The number of fused-ring (bicyclic) bond motifs is 1. The van der Waals surface area contributed by atoms with Crippen LogP contribution in [-0.2, 0) is 11.8 Å². The van der Waals surface area contributed by atoms with Crippen molar-refractivity contribution >= 4 is 16.6 Å². The van der Waals surface area contributed by atoms with Crippen LogP contribution in [0.4, 0.5) is 14.5 Å². The van der Waals surface area contributed by atoms with E-state index in [4.69, 9.17) is 5.84 Å². The molecular weight excluding hydrogens is 382 g/mol. The van der Waals surface area contributed by atoms with Gasteiger partial charge in [-0.2, -0.15) is 5.10 Å². The van der Waals surface area contributed by atoms with Crippen LogP contribution >= 0.6 is 0 Å². The van der Waals surface area contributed by atoms with Crippen molar-refractivity contribution in [2.75, 3.05) is 5.43 Å². The zero-order chi connectivity index (χ0) is 22.3. The van der Waals surface area contributed by atoms with Crippen molar-refractivity contribution in [2.45, 2.75) is 65.7 Å². The second-order valence-electron chi connectivity index (χ2n) is 9.78. The minimum atomic E-state index is -0.339. The van der Waals surface area contributed by atoms with Crippen LogP contribution in [0.3, 0.4) is 0 Å². The molecule has 0 bridgehead atoms. The maximum absolute atomic E-state index is 15.7. The monoisotopic (exact) mass is 414 g/mol. The van der Waals surface area contributed by atoms with Gasteiger partial charge in [0.25, 0.3) is 0 Å². The van der Waals surface area contributed by atoms with Crippen LogP contribution in [-0.4, -0.2) is 10.2 Å². The second kappa shape index (κ2) is 7.99. The highest BCUT2D eigenvalue weighted by molar-refractivity contribution is 5.83. The summed E-state index contributed by atoms with van der Waals surface area (Å²) in [6, 6.07) is 8.24. The summed E-state index contributed by atoms with van der Waals surface area (Å²) in [7, 11) is 0. The maximum Gasteiger partial charge on any atom is 0.137 e. The van der Waals surface area contributed by atoms with Crippen LogP contribution in [0.5, 0.6) is 0 Å². The molecule has 0 fully saturated rings. The van der Waals surface area contributed by atoms with E-state index in [1.807, 2.05) is 32.9 Å². The first-order valence-corrected chi connectivity index (χ1v) is 10.4. The molecule has 0 spiro atoms. The Balaban J connectivity index is 2.05. The molecule has 6 heteroatoms. The molecule has 0 aliphatic heterocycles. The third-order valence-corrected chi connectivity index (χ3v) is 6.03. The number of anilines is 1. The molecule has 4 N–H and O–H groups in total. The molecule has 1 unspecified atom stereocenters. The summed E-state index contributed by atoms with van der Waals surface area (Å²) in [5.74, 6) is 5.13. The fourth-order valence-electron chi connectivity index (χ4n) is 4.55. The largest absolute Gasteiger partial charge is 0.324 e. The molecule has 4 nitrogen and oxygen atoms in total. The third-order valence-electron chi connectivity index (χ3n) is 6.03. The molecule has 0 aliphatic rings. The summed E-state index contributed by atoms with van der Waals surface area (Å²) >= 11 is 0. The lowest BCUT2D eigenvalue weighted by Gasteiger charge is -2.35. The molecule has 2 aromatic carbocycles. The number of H-pyrrole nitrogens is 1. The van der Waals surface area contributed by atoms with E-state index in [2.05, 4.69) is 36.4 Å². The summed E-state index contributed by atoms with van der Waals surface area (Å²) in [6.45, 7) is 12.4. The number of hydrazine groups is 1. The molecule has 0 saturated carbocycles. The number of halogens is 2. The quantitative estimate of drug-likeness (QED) is 0.333. The summed E-state index contributed by atoms with van der Waals surface area (Å²) < 4.78 is 29.7. The van der Waals surface area contributed by atoms with Gasteiger partial charge in [0.05, 0.1) is 22.3 Å². The number of aromatic nitrogens is 2. The Hall–Kier alpha value is -2.47. The molecular formula is C24H32F2N4. The lowest BCUT2D eigenvalue weighted by atomic mass is 9.69. The summed E-state index contributed by atoms with van der Waals surface area (Å²) in [5, 5.41) is 7.85. The van der Waals surface area contributed by atoms with Gasteiger partial charge in [0.2, 0.25) is 0 Å². The van der Waals surface area contributed by atoms with E-state index in [9.17, 15) is 4.39 Å². The fraction of sp³-hybridized carbons (Fsp3) is 0.458. The van der Waals surface area contributed by atoms with E-state index < -0.39 is 0 Å². The lowest BCUT2D eigenvalue weighted by Crippen LogP contribution is -2.26. The molecule has 0 aliphatic carbocycles. The molecule has 0 radical (unpaired) electrons. The van der Waals surface area contributed by atoms with Crippen molar-refractivity contribution in [2.24, 2.45) is 11.3 Å². The third kappa shape index (κ3) is 4.06. The minimum absolute atomic E-state index is 0.0132. The fourth-order valence-corrected chi connectivity index (χ4v) is 4.55. The Bertz CT molecular complexity index is 1050. The highest BCUT2D eigenvalue weighted by Crippen LogP contribution is 2.44. The van der Waals surface area contributed by atoms with Gasteiger partial charge in [0.15, 0.2) is 0 Å². The first-order valence-electron chi connectivity index (χ1n) is 10.4. The normalized spacial score (nSPS) is 13.6. The van der Waals surface area contributed by atoms with Gasteiger partial charge >= 0.3 is 0 Å². The highest BCUT2D eigenvalue weighted by atomic mass is 19.1. The summed E-state index contributed by atoms with van der Waals surface area (Å²) in [5.41, 5.74) is 5.65. The number of hydrogen-bond acceptors (Lipinski definition) is 3. The predicted molar refractivity (Wildman–Crippen MR) is 119 cm³/mol. The number of aromatic amines is 1. The molecule has 0 saturated heterocycles. The van der Waals surface area contributed by atoms with Gasteiger partial charge in [-0.3, -0.25) is 10.9 Å². The van der Waals surface area contributed by atoms with E-state index in [-0.39, 0.29) is 28.4 Å². The van der Waals surface area contributed by atoms with Crippen molar-refractivity contribution in [1.82, 2.24) is 10.2 Å². The van der Waals surface area contributed by atoms with E-state index in [0.717, 1.165) is 17.7 Å². The van der Waals surface area contributed by atoms with Crippen LogP contribution in [0.1, 0.15) is 70.7 Å². The molecule has 0 amide bonds. The van der Waals surface area contributed by atoms with Gasteiger partial charge in [0, 0.05) is 5.41 Å². The summed E-state index contributed by atoms with van der Waals surface area (Å²) in [4.78, 5) is 0. The van der Waals surface area contributed by atoms with Crippen molar-refractivity contribution in [1.29, 1.82) is 0 Å². The number of nitrogens with two attached hydrogens (primary N) is 1. The predicted octanol–water partition coefficient (Wildman–Crippen LogP) is 6.19. The van der Waals surface area contributed by atoms with Crippen LogP contribution < -0.4 is 11.3 Å². The Labute approximate surface area is 177 Å². The van der Waals surface area contributed by atoms with E-state index in [0.29, 0.717) is 28.6 Å². The topological polar surface area (TPSA) is 66.7 Å². The van der Waals surface area contributed by atoms with Crippen molar-refractivity contribution in [3.63, 3.8) is 0 Å². The van der Waals surface area contributed by atoms with Gasteiger partial charge in [0.1, 0.15) is 11.6 Å². The van der Waals surface area contributed by atoms with Crippen molar-refractivity contribution in [3.8, 4) is 0 Å². The Morgan fingerprint density at radius 3 is 2.40 bits per heavy atom. The van der Waals surface area contributed by atoms with Crippen molar-refractivity contribution in [3.05, 3.63) is 58.8 Å². The van der Waals surface area contributed by atoms with Gasteiger partial charge in [-0.1, -0.05) is 47.6 Å². The zero-order valence-corrected chi connectivity index (χ0v) is 18.7. The maximum atomic E-state index is 15.7. The highest BCUT2D eigenvalue weighted by Gasteiger charge is 2.33. The average Bonchev–Trinajstić information content (AvgIpc) is 3.10. The smallest absolute Gasteiger partial charge is 0.137 e. The molecule has 3 rings (SSSR count). The number of nitrogens with one attached hydrogen (secondary N) is 2. The zero-order valence-electron chi connectivity index (χ0n) is 18.7. The van der Waals surface area contributed by atoms with Gasteiger partial charge in [-0.05, 0) is 59.6 Å². The molecule has 162 valence electrons. The van der Waals surface area contributed by atoms with Crippen LogP contribution in [0.25, 0.3) is 10.9 Å². The first-order chi connectivity index (χ1) is 14.0. The van der Waals surface area contributed by atoms with Gasteiger partial charge < -0.3 is 5.43 Å². The molecule has 3 aromatic rings.